The molecule has 8 aromatic rings. The quantitative estimate of drug-likeness (QED) is 0.187. The summed E-state index contributed by atoms with van der Waals surface area (Å²) in [5.74, 6) is 1.75. The molecule has 0 spiro atoms. The zero-order valence-electron chi connectivity index (χ0n) is 27.9. The van der Waals surface area contributed by atoms with Crippen LogP contribution in [-0.2, 0) is 0 Å². The van der Waals surface area contributed by atoms with E-state index in [0.717, 1.165) is 44.5 Å². The van der Waals surface area contributed by atoms with Gasteiger partial charge < -0.3 is 4.42 Å². The minimum atomic E-state index is 0.276. The van der Waals surface area contributed by atoms with E-state index in [4.69, 9.17) is 14.4 Å². The van der Waals surface area contributed by atoms with Crippen LogP contribution >= 0.6 is 0 Å². The topological polar surface area (TPSA) is 43.9 Å². The number of hydrogen-bond donors (Lipinski definition) is 0. The van der Waals surface area contributed by atoms with E-state index in [0.29, 0.717) is 11.6 Å². The van der Waals surface area contributed by atoms with Crippen molar-refractivity contribution >= 4 is 43.9 Å². The van der Waals surface area contributed by atoms with Gasteiger partial charge in [-0.2, -0.15) is 0 Å². The maximum absolute atomic E-state index is 6.62. The molecule has 0 amide bonds. The summed E-state index contributed by atoms with van der Waals surface area (Å²) in [5, 5.41) is 4.59. The number of aromatic nitrogens is 3. The Morgan fingerprint density at radius 1 is 0.574 bits per heavy atom. The van der Waals surface area contributed by atoms with Crippen LogP contribution in [0.5, 0.6) is 0 Å². The molecule has 0 radical (unpaired) electrons. The normalized spacial score (nSPS) is 12.2. The van der Waals surface area contributed by atoms with Crippen LogP contribution in [0.1, 0.15) is 76.1 Å². The molecule has 47 heavy (non-hydrogen) atoms. The average Bonchev–Trinajstić information content (AvgIpc) is 3.65. The van der Waals surface area contributed by atoms with Gasteiger partial charge in [0.05, 0.1) is 22.3 Å². The van der Waals surface area contributed by atoms with Gasteiger partial charge in [-0.1, -0.05) is 102 Å². The predicted molar refractivity (Wildman–Crippen MR) is 197 cm³/mol. The standard InChI is InChI=1S/C43H39N3O/c1-25(2)35-23-31(30-19-18-28-12-7-8-13-29(28)22-30)24-36(26(3)4)40(35)46-39-17-10-9-16-38(39)44-42(46)34-15-11-14-32-33-20-21-37(27(5)6)45-43(33)47-41(32)34/h7-27H,1-6H3. The Balaban J connectivity index is 1.42. The number of para-hydroxylation sites is 3. The first-order valence-electron chi connectivity index (χ1n) is 16.8. The molecule has 0 N–H and O–H groups in total. The van der Waals surface area contributed by atoms with Crippen LogP contribution in [0.15, 0.2) is 114 Å². The van der Waals surface area contributed by atoms with E-state index in [-0.39, 0.29) is 11.8 Å². The van der Waals surface area contributed by atoms with Gasteiger partial charge in [0.25, 0.3) is 0 Å². The smallest absolute Gasteiger partial charge is 0.227 e. The minimum Gasteiger partial charge on any atom is -0.437 e. The Morgan fingerprint density at radius 2 is 1.30 bits per heavy atom. The largest absolute Gasteiger partial charge is 0.437 e. The van der Waals surface area contributed by atoms with Gasteiger partial charge in [-0.05, 0) is 99.3 Å². The minimum absolute atomic E-state index is 0.276. The molecule has 0 unspecified atom stereocenters. The number of furan rings is 1. The Bertz CT molecular complexity index is 2430. The van der Waals surface area contributed by atoms with Crippen molar-refractivity contribution in [1.82, 2.24) is 14.5 Å². The van der Waals surface area contributed by atoms with Crippen LogP contribution in [0.3, 0.4) is 0 Å². The molecule has 3 heterocycles. The first-order valence-corrected chi connectivity index (χ1v) is 16.8. The zero-order valence-corrected chi connectivity index (χ0v) is 27.9. The molecular weight excluding hydrogens is 574 g/mol. The molecule has 0 aliphatic heterocycles. The first kappa shape index (κ1) is 29.2. The van der Waals surface area contributed by atoms with Crippen molar-refractivity contribution in [3.63, 3.8) is 0 Å². The highest BCUT2D eigenvalue weighted by atomic mass is 16.3. The third-order valence-electron chi connectivity index (χ3n) is 9.50. The van der Waals surface area contributed by atoms with Gasteiger partial charge >= 0.3 is 0 Å². The van der Waals surface area contributed by atoms with Crippen LogP contribution in [0.2, 0.25) is 0 Å². The highest BCUT2D eigenvalue weighted by Gasteiger charge is 2.25. The summed E-state index contributed by atoms with van der Waals surface area (Å²) in [6.07, 6.45) is 0. The zero-order chi connectivity index (χ0) is 32.4. The second-order valence-corrected chi connectivity index (χ2v) is 13.7. The lowest BCUT2D eigenvalue weighted by Crippen LogP contribution is -2.09. The van der Waals surface area contributed by atoms with Crippen molar-refractivity contribution in [1.29, 1.82) is 0 Å². The predicted octanol–water partition coefficient (Wildman–Crippen LogP) is 12.2. The number of rotatable bonds is 6. The molecule has 0 aliphatic rings. The molecule has 0 saturated carbocycles. The van der Waals surface area contributed by atoms with E-state index >= 15 is 0 Å². The van der Waals surface area contributed by atoms with E-state index in [1.54, 1.807) is 0 Å². The molecule has 0 saturated heterocycles. The van der Waals surface area contributed by atoms with Crippen LogP contribution < -0.4 is 0 Å². The second-order valence-electron chi connectivity index (χ2n) is 13.7. The highest BCUT2D eigenvalue weighted by molar-refractivity contribution is 6.08. The van der Waals surface area contributed by atoms with Crippen LogP contribution in [0.4, 0.5) is 0 Å². The number of hydrogen-bond acceptors (Lipinski definition) is 3. The monoisotopic (exact) mass is 613 g/mol. The van der Waals surface area contributed by atoms with Crippen molar-refractivity contribution in [3.05, 3.63) is 126 Å². The summed E-state index contributed by atoms with van der Waals surface area (Å²) in [5.41, 5.74) is 11.8. The number of imidazole rings is 1. The molecule has 8 rings (SSSR count). The number of pyridine rings is 1. The number of benzene rings is 5. The van der Waals surface area contributed by atoms with E-state index in [2.05, 4.69) is 155 Å². The molecule has 232 valence electrons. The number of fused-ring (bicyclic) bond motifs is 5. The Kier molecular flexibility index (Phi) is 6.98. The Morgan fingerprint density at radius 3 is 2.04 bits per heavy atom. The van der Waals surface area contributed by atoms with E-state index in [9.17, 15) is 0 Å². The van der Waals surface area contributed by atoms with Crippen LogP contribution in [-0.4, -0.2) is 14.5 Å². The summed E-state index contributed by atoms with van der Waals surface area (Å²) < 4.78 is 9.01. The summed E-state index contributed by atoms with van der Waals surface area (Å²) >= 11 is 0. The van der Waals surface area contributed by atoms with Gasteiger partial charge in [-0.15, -0.1) is 0 Å². The van der Waals surface area contributed by atoms with E-state index in [1.807, 2.05) is 0 Å². The maximum atomic E-state index is 6.62. The third kappa shape index (κ3) is 4.82. The molecule has 0 bridgehead atoms. The van der Waals surface area contributed by atoms with Crippen molar-refractivity contribution < 1.29 is 4.42 Å². The van der Waals surface area contributed by atoms with Crippen LogP contribution in [0, 0.1) is 0 Å². The van der Waals surface area contributed by atoms with Gasteiger partial charge in [0.15, 0.2) is 0 Å². The van der Waals surface area contributed by atoms with Gasteiger partial charge in [0, 0.05) is 16.5 Å². The third-order valence-corrected chi connectivity index (χ3v) is 9.50. The van der Waals surface area contributed by atoms with Gasteiger partial charge in [-0.3, -0.25) is 4.57 Å². The molecule has 3 aromatic heterocycles. The molecule has 0 fully saturated rings. The average molecular weight is 614 g/mol. The summed E-state index contributed by atoms with van der Waals surface area (Å²) in [4.78, 5) is 10.2. The highest BCUT2D eigenvalue weighted by Crippen LogP contribution is 2.42. The summed E-state index contributed by atoms with van der Waals surface area (Å²) in [7, 11) is 0. The van der Waals surface area contributed by atoms with Crippen LogP contribution in [0.25, 0.3) is 72.1 Å². The molecule has 0 aliphatic carbocycles. The van der Waals surface area contributed by atoms with E-state index < -0.39 is 0 Å². The lowest BCUT2D eigenvalue weighted by molar-refractivity contribution is 0.648. The molecule has 4 nitrogen and oxygen atoms in total. The fraction of sp³-hybridized carbons (Fsp3) is 0.209. The SMILES string of the molecule is CC(C)c1ccc2c(n1)oc1c(-c3nc4ccccc4n3-c3c(C(C)C)cc(-c4ccc5ccccc5c4)cc3C(C)C)cccc12. The van der Waals surface area contributed by atoms with Crippen molar-refractivity contribution in [2.45, 2.75) is 59.3 Å². The maximum Gasteiger partial charge on any atom is 0.227 e. The van der Waals surface area contributed by atoms with Gasteiger partial charge in [-0.25, -0.2) is 9.97 Å². The lowest BCUT2D eigenvalue weighted by atomic mass is 9.87. The lowest BCUT2D eigenvalue weighted by Gasteiger charge is -2.24. The van der Waals surface area contributed by atoms with Crippen molar-refractivity contribution in [2.24, 2.45) is 0 Å². The molecular formula is C43H39N3O. The second kappa shape index (κ2) is 11.2. The fourth-order valence-corrected chi connectivity index (χ4v) is 6.98. The Hall–Kier alpha value is -5.22. The van der Waals surface area contributed by atoms with Crippen molar-refractivity contribution in [2.75, 3.05) is 0 Å². The molecule has 5 aromatic carbocycles. The summed E-state index contributed by atoms with van der Waals surface area (Å²) in [6.45, 7) is 13.5. The van der Waals surface area contributed by atoms with Crippen molar-refractivity contribution in [3.8, 4) is 28.2 Å². The van der Waals surface area contributed by atoms with Gasteiger partial charge in [0.1, 0.15) is 11.4 Å². The van der Waals surface area contributed by atoms with E-state index in [1.165, 1.54) is 38.7 Å². The molecule has 4 heteroatoms. The van der Waals surface area contributed by atoms with Gasteiger partial charge in [0.2, 0.25) is 5.71 Å². The molecule has 0 atom stereocenters. The number of nitrogens with zero attached hydrogens (tertiary/aromatic N) is 3. The summed E-state index contributed by atoms with van der Waals surface area (Å²) in [6, 6.07) is 39.3. The Labute approximate surface area is 275 Å². The first-order chi connectivity index (χ1) is 22.8. The fourth-order valence-electron chi connectivity index (χ4n) is 6.98.